The zero-order chi connectivity index (χ0) is 18.0. The molecule has 0 saturated carbocycles. The standard InChI is InChI=1S/C15H22F3N3O3/c1-20-11(8-12(19-20)15(16,17)18)13(23)21-6-3-4-14(9-21,10-22)5-7-24-2/h8,22H,3-7,9-10H2,1-2H3. The first-order chi connectivity index (χ1) is 11.2. The van der Waals surface area contributed by atoms with E-state index in [0.29, 0.717) is 26.0 Å². The number of amides is 1. The van der Waals surface area contributed by atoms with E-state index in [1.807, 2.05) is 0 Å². The van der Waals surface area contributed by atoms with E-state index in [1.165, 1.54) is 11.9 Å². The van der Waals surface area contributed by atoms with Crippen LogP contribution < -0.4 is 0 Å². The fraction of sp³-hybridized carbons (Fsp3) is 0.733. The molecule has 136 valence electrons. The van der Waals surface area contributed by atoms with Gasteiger partial charge in [-0.05, 0) is 19.3 Å². The van der Waals surface area contributed by atoms with Gasteiger partial charge in [-0.2, -0.15) is 18.3 Å². The average molecular weight is 349 g/mol. The smallest absolute Gasteiger partial charge is 0.396 e. The highest BCUT2D eigenvalue weighted by Gasteiger charge is 2.39. The monoisotopic (exact) mass is 349 g/mol. The molecular formula is C15H22F3N3O3. The second kappa shape index (κ2) is 7.10. The molecule has 0 bridgehead atoms. The summed E-state index contributed by atoms with van der Waals surface area (Å²) in [6.07, 6.45) is -2.58. The Balaban J connectivity index is 2.19. The Morgan fingerprint density at radius 3 is 2.75 bits per heavy atom. The molecule has 1 N–H and O–H groups in total. The van der Waals surface area contributed by atoms with Gasteiger partial charge in [0.15, 0.2) is 5.69 Å². The van der Waals surface area contributed by atoms with E-state index in [0.717, 1.165) is 17.2 Å². The first-order valence-corrected chi connectivity index (χ1v) is 7.73. The molecule has 0 aliphatic carbocycles. The fourth-order valence-electron chi connectivity index (χ4n) is 3.08. The number of alkyl halides is 3. The zero-order valence-electron chi connectivity index (χ0n) is 13.8. The van der Waals surface area contributed by atoms with Crippen molar-refractivity contribution >= 4 is 5.91 Å². The van der Waals surface area contributed by atoms with Gasteiger partial charge in [-0.25, -0.2) is 0 Å². The summed E-state index contributed by atoms with van der Waals surface area (Å²) in [4.78, 5) is 14.1. The third-order valence-corrected chi connectivity index (χ3v) is 4.51. The quantitative estimate of drug-likeness (QED) is 0.878. The molecule has 1 saturated heterocycles. The number of carbonyl (C=O) groups is 1. The Hall–Kier alpha value is -1.61. The number of methoxy groups -OCH3 is 1. The molecular weight excluding hydrogens is 327 g/mol. The lowest BCUT2D eigenvalue weighted by molar-refractivity contribution is -0.141. The molecule has 0 aromatic carbocycles. The van der Waals surface area contributed by atoms with Crippen molar-refractivity contribution in [3.8, 4) is 0 Å². The number of piperidine rings is 1. The molecule has 9 heteroatoms. The molecule has 2 heterocycles. The number of aliphatic hydroxyl groups excluding tert-OH is 1. The SMILES string of the molecule is COCCC1(CO)CCCN(C(=O)c2cc(C(F)(F)F)nn2C)C1. The van der Waals surface area contributed by atoms with Crippen molar-refractivity contribution in [1.29, 1.82) is 0 Å². The number of aryl methyl sites for hydroxylation is 1. The number of aromatic nitrogens is 2. The van der Waals surface area contributed by atoms with E-state index >= 15 is 0 Å². The van der Waals surface area contributed by atoms with Crippen LogP contribution in [-0.2, 0) is 18.0 Å². The van der Waals surface area contributed by atoms with Crippen LogP contribution in [0.4, 0.5) is 13.2 Å². The number of aliphatic hydroxyl groups is 1. The van der Waals surface area contributed by atoms with Crippen LogP contribution >= 0.6 is 0 Å². The van der Waals surface area contributed by atoms with Gasteiger partial charge in [0.05, 0.1) is 6.61 Å². The Bertz CT molecular complexity index is 588. The Kier molecular flexibility index (Phi) is 5.54. The van der Waals surface area contributed by atoms with Crippen molar-refractivity contribution in [2.75, 3.05) is 33.4 Å². The second-order valence-corrected chi connectivity index (χ2v) is 6.27. The van der Waals surface area contributed by atoms with E-state index in [2.05, 4.69) is 5.10 Å². The van der Waals surface area contributed by atoms with Crippen molar-refractivity contribution in [3.05, 3.63) is 17.5 Å². The van der Waals surface area contributed by atoms with Crippen LogP contribution in [-0.4, -0.2) is 59.1 Å². The Labute approximate surface area is 138 Å². The van der Waals surface area contributed by atoms with Crippen LogP contribution in [0.1, 0.15) is 35.4 Å². The van der Waals surface area contributed by atoms with Crippen molar-refractivity contribution in [1.82, 2.24) is 14.7 Å². The zero-order valence-corrected chi connectivity index (χ0v) is 13.8. The molecule has 0 radical (unpaired) electrons. The van der Waals surface area contributed by atoms with Crippen molar-refractivity contribution in [2.45, 2.75) is 25.4 Å². The summed E-state index contributed by atoms with van der Waals surface area (Å²) < 4.78 is 44.3. The summed E-state index contributed by atoms with van der Waals surface area (Å²) in [7, 11) is 2.88. The molecule has 1 aromatic rings. The predicted molar refractivity (Wildman–Crippen MR) is 79.4 cm³/mol. The van der Waals surface area contributed by atoms with E-state index in [1.54, 1.807) is 7.11 Å². The summed E-state index contributed by atoms with van der Waals surface area (Å²) >= 11 is 0. The van der Waals surface area contributed by atoms with Gasteiger partial charge >= 0.3 is 6.18 Å². The lowest BCUT2D eigenvalue weighted by atomic mass is 9.78. The molecule has 2 rings (SSSR count). The largest absolute Gasteiger partial charge is 0.435 e. The fourth-order valence-corrected chi connectivity index (χ4v) is 3.08. The molecule has 0 spiro atoms. The minimum atomic E-state index is -4.59. The van der Waals surface area contributed by atoms with Crippen LogP contribution in [0.5, 0.6) is 0 Å². The number of likely N-dealkylation sites (tertiary alicyclic amines) is 1. The lowest BCUT2D eigenvalue weighted by Gasteiger charge is -2.41. The number of halogens is 3. The van der Waals surface area contributed by atoms with Crippen molar-refractivity contribution < 1.29 is 27.8 Å². The third-order valence-electron chi connectivity index (χ3n) is 4.51. The van der Waals surface area contributed by atoms with E-state index in [4.69, 9.17) is 4.74 Å². The number of rotatable bonds is 5. The summed E-state index contributed by atoms with van der Waals surface area (Å²) in [5.74, 6) is -0.504. The van der Waals surface area contributed by atoms with Gasteiger partial charge in [0.1, 0.15) is 5.69 Å². The molecule has 1 atom stereocenters. The van der Waals surface area contributed by atoms with Crippen molar-refractivity contribution in [3.63, 3.8) is 0 Å². The summed E-state index contributed by atoms with van der Waals surface area (Å²) in [6.45, 7) is 1.09. The number of hydrogen-bond acceptors (Lipinski definition) is 4. The highest BCUT2D eigenvalue weighted by Crippen LogP contribution is 2.34. The van der Waals surface area contributed by atoms with E-state index in [9.17, 15) is 23.1 Å². The second-order valence-electron chi connectivity index (χ2n) is 6.27. The topological polar surface area (TPSA) is 67.6 Å². The predicted octanol–water partition coefficient (Wildman–Crippen LogP) is 1.69. The number of hydrogen-bond donors (Lipinski definition) is 1. The van der Waals surface area contributed by atoms with Gasteiger partial charge < -0.3 is 14.7 Å². The molecule has 1 unspecified atom stereocenters. The summed E-state index contributed by atoms with van der Waals surface area (Å²) in [5, 5.41) is 13.1. The first kappa shape index (κ1) is 18.7. The molecule has 1 aliphatic rings. The van der Waals surface area contributed by atoms with Gasteiger partial charge in [0.25, 0.3) is 5.91 Å². The normalized spacial score (nSPS) is 22.0. The maximum Gasteiger partial charge on any atom is 0.435 e. The Morgan fingerprint density at radius 2 is 2.21 bits per heavy atom. The third kappa shape index (κ3) is 3.89. The average Bonchev–Trinajstić information content (AvgIpc) is 2.94. The van der Waals surface area contributed by atoms with Crippen LogP contribution in [0.2, 0.25) is 0 Å². The maximum atomic E-state index is 12.8. The van der Waals surface area contributed by atoms with Crippen LogP contribution in [0.15, 0.2) is 6.07 Å². The van der Waals surface area contributed by atoms with Gasteiger partial charge in [-0.15, -0.1) is 0 Å². The maximum absolute atomic E-state index is 12.8. The summed E-state index contributed by atoms with van der Waals surface area (Å²) in [5.41, 5.74) is -1.67. The summed E-state index contributed by atoms with van der Waals surface area (Å²) in [6, 6.07) is 0.771. The van der Waals surface area contributed by atoms with Crippen LogP contribution in [0, 0.1) is 5.41 Å². The lowest BCUT2D eigenvalue weighted by Crippen LogP contribution is -2.48. The molecule has 1 amide bonds. The molecule has 1 aromatic heterocycles. The number of carbonyl (C=O) groups excluding carboxylic acids is 1. The van der Waals surface area contributed by atoms with Gasteiger partial charge in [0.2, 0.25) is 0 Å². The number of ether oxygens (including phenoxy) is 1. The molecule has 1 aliphatic heterocycles. The highest BCUT2D eigenvalue weighted by atomic mass is 19.4. The Morgan fingerprint density at radius 1 is 1.50 bits per heavy atom. The van der Waals surface area contributed by atoms with E-state index < -0.39 is 23.2 Å². The minimum absolute atomic E-state index is 0.0979. The molecule has 6 nitrogen and oxygen atoms in total. The first-order valence-electron chi connectivity index (χ1n) is 7.73. The van der Waals surface area contributed by atoms with Gasteiger partial charge in [-0.1, -0.05) is 0 Å². The molecule has 1 fully saturated rings. The van der Waals surface area contributed by atoms with E-state index in [-0.39, 0.29) is 18.8 Å². The number of nitrogens with zero attached hydrogens (tertiary/aromatic N) is 3. The minimum Gasteiger partial charge on any atom is -0.396 e. The van der Waals surface area contributed by atoms with Crippen molar-refractivity contribution in [2.24, 2.45) is 12.5 Å². The van der Waals surface area contributed by atoms with Crippen LogP contribution in [0.3, 0.4) is 0 Å². The van der Waals surface area contributed by atoms with Gasteiger partial charge in [-0.3, -0.25) is 9.48 Å². The van der Waals surface area contributed by atoms with Crippen LogP contribution in [0.25, 0.3) is 0 Å². The highest BCUT2D eigenvalue weighted by molar-refractivity contribution is 5.92. The van der Waals surface area contributed by atoms with Gasteiger partial charge in [0, 0.05) is 45.3 Å². The molecule has 24 heavy (non-hydrogen) atoms.